The number of rotatable bonds is 4. The number of unbranched alkanes of at least 4 members (excludes halogenated alkanes) is 1. The first-order valence-electron chi connectivity index (χ1n) is 11.4. The van der Waals surface area contributed by atoms with Crippen LogP contribution in [-0.4, -0.2) is 0 Å². The molecule has 1 fully saturated rings. The van der Waals surface area contributed by atoms with Gasteiger partial charge in [-0.25, -0.2) is 22.0 Å². The third-order valence-corrected chi connectivity index (χ3v) is 6.50. The van der Waals surface area contributed by atoms with Gasteiger partial charge < -0.3 is 0 Å². The van der Waals surface area contributed by atoms with Gasteiger partial charge in [0, 0.05) is 11.5 Å². The number of hydrogen-bond acceptors (Lipinski definition) is 0. The first-order valence-corrected chi connectivity index (χ1v) is 11.4. The molecule has 0 nitrogen and oxygen atoms in total. The number of halogens is 5. The van der Waals surface area contributed by atoms with Crippen molar-refractivity contribution in [1.82, 2.24) is 0 Å². The van der Waals surface area contributed by atoms with Crippen LogP contribution in [0.1, 0.15) is 68.1 Å². The largest absolute Gasteiger partial charge is 0.207 e. The Morgan fingerprint density at radius 1 is 0.818 bits per heavy atom. The van der Waals surface area contributed by atoms with E-state index in [9.17, 15) is 22.0 Å². The topological polar surface area (TPSA) is 0 Å². The van der Waals surface area contributed by atoms with Crippen LogP contribution in [0.2, 0.25) is 0 Å². The van der Waals surface area contributed by atoms with Gasteiger partial charge in [-0.3, -0.25) is 0 Å². The smallest absolute Gasteiger partial charge is 0.195 e. The fourth-order valence-corrected chi connectivity index (χ4v) is 4.63. The number of benzene rings is 3. The zero-order valence-corrected chi connectivity index (χ0v) is 18.5. The van der Waals surface area contributed by atoms with Gasteiger partial charge in [0.15, 0.2) is 17.5 Å². The van der Waals surface area contributed by atoms with E-state index in [0.717, 1.165) is 68.2 Å². The Bertz CT molecular complexity index is 1230. The maximum Gasteiger partial charge on any atom is 0.195 e. The van der Waals surface area contributed by atoms with Gasteiger partial charge in [-0.15, -0.1) is 0 Å². The third-order valence-electron chi connectivity index (χ3n) is 6.50. The Kier molecular flexibility index (Phi) is 7.02. The first-order chi connectivity index (χ1) is 15.9. The molecule has 0 aromatic heterocycles. The summed E-state index contributed by atoms with van der Waals surface area (Å²) in [5, 5.41) is -0.653. The standard InChI is InChI=1S/C28H25F5/c1-2-3-4-18-9-12-22(23(29)14-18)20-10-7-17(8-11-20)5-6-19-13-21-16-25(31)27(32)28(33)26(21)24(30)15-19/h9,12-17,20H,2-4,7-8,10-11H2,1H3. The van der Waals surface area contributed by atoms with E-state index in [4.69, 9.17) is 0 Å². The molecule has 3 aromatic carbocycles. The molecule has 172 valence electrons. The summed E-state index contributed by atoms with van der Waals surface area (Å²) in [5.74, 6) is 0.531. The number of fused-ring (bicyclic) bond motifs is 1. The van der Waals surface area contributed by atoms with Crippen molar-refractivity contribution in [2.24, 2.45) is 5.92 Å². The van der Waals surface area contributed by atoms with E-state index in [-0.39, 0.29) is 28.6 Å². The van der Waals surface area contributed by atoms with Crippen LogP contribution >= 0.6 is 0 Å². The maximum atomic E-state index is 14.6. The Hall–Kier alpha value is -2.87. The Morgan fingerprint density at radius 2 is 1.58 bits per heavy atom. The first kappa shape index (κ1) is 23.3. The molecule has 3 aromatic rings. The van der Waals surface area contributed by atoms with Gasteiger partial charge in [0.2, 0.25) is 0 Å². The highest BCUT2D eigenvalue weighted by Gasteiger charge is 2.23. The third kappa shape index (κ3) is 5.05. The van der Waals surface area contributed by atoms with E-state index in [2.05, 4.69) is 18.8 Å². The van der Waals surface area contributed by atoms with E-state index in [1.807, 2.05) is 12.1 Å². The lowest BCUT2D eigenvalue weighted by atomic mass is 9.78. The molecule has 1 saturated carbocycles. The van der Waals surface area contributed by atoms with Crippen molar-refractivity contribution in [1.29, 1.82) is 0 Å². The molecular formula is C28H25F5. The highest BCUT2D eigenvalue weighted by atomic mass is 19.2. The molecule has 33 heavy (non-hydrogen) atoms. The summed E-state index contributed by atoms with van der Waals surface area (Å²) in [6, 6.07) is 8.76. The number of aryl methyl sites for hydroxylation is 1. The predicted octanol–water partition coefficient (Wildman–Crippen LogP) is 8.20. The molecule has 5 heteroatoms. The molecule has 1 aliphatic carbocycles. The van der Waals surface area contributed by atoms with Crippen molar-refractivity contribution in [2.75, 3.05) is 0 Å². The van der Waals surface area contributed by atoms with E-state index in [0.29, 0.717) is 0 Å². The van der Waals surface area contributed by atoms with Crippen LogP contribution in [0.5, 0.6) is 0 Å². The molecule has 0 atom stereocenters. The minimum atomic E-state index is -1.69. The fraction of sp³-hybridized carbons (Fsp3) is 0.357. The fourth-order valence-electron chi connectivity index (χ4n) is 4.63. The van der Waals surface area contributed by atoms with Crippen LogP contribution in [0.15, 0.2) is 36.4 Å². The predicted molar refractivity (Wildman–Crippen MR) is 120 cm³/mol. The van der Waals surface area contributed by atoms with Crippen molar-refractivity contribution in [2.45, 2.75) is 57.8 Å². The summed E-state index contributed by atoms with van der Waals surface area (Å²) in [7, 11) is 0. The minimum absolute atomic E-state index is 0.0720. The summed E-state index contributed by atoms with van der Waals surface area (Å²) < 4.78 is 69.8. The maximum absolute atomic E-state index is 14.6. The minimum Gasteiger partial charge on any atom is -0.207 e. The summed E-state index contributed by atoms with van der Waals surface area (Å²) in [4.78, 5) is 0. The van der Waals surface area contributed by atoms with Crippen LogP contribution in [0, 0.1) is 46.8 Å². The molecule has 0 aliphatic heterocycles. The van der Waals surface area contributed by atoms with Crippen molar-refractivity contribution in [3.05, 3.63) is 82.2 Å². The normalized spacial score (nSPS) is 18.2. The van der Waals surface area contributed by atoms with Gasteiger partial charge in [0.05, 0.1) is 5.39 Å². The van der Waals surface area contributed by atoms with Gasteiger partial charge in [0.25, 0.3) is 0 Å². The van der Waals surface area contributed by atoms with Gasteiger partial charge in [-0.1, -0.05) is 37.3 Å². The summed E-state index contributed by atoms with van der Waals surface area (Å²) in [6.07, 6.45) is 6.22. The summed E-state index contributed by atoms with van der Waals surface area (Å²) >= 11 is 0. The molecule has 0 bridgehead atoms. The zero-order valence-electron chi connectivity index (χ0n) is 18.5. The van der Waals surface area contributed by atoms with Crippen LogP contribution < -0.4 is 0 Å². The second kappa shape index (κ2) is 9.95. The van der Waals surface area contributed by atoms with Crippen LogP contribution in [0.3, 0.4) is 0 Å². The Morgan fingerprint density at radius 3 is 2.27 bits per heavy atom. The van der Waals surface area contributed by atoms with Crippen LogP contribution in [-0.2, 0) is 6.42 Å². The summed E-state index contributed by atoms with van der Waals surface area (Å²) in [6.45, 7) is 2.11. The SMILES string of the molecule is CCCCc1ccc(C2CCC(C#Cc3cc(F)c4c(F)c(F)c(F)cc4c3)CC2)c(F)c1. The quantitative estimate of drug-likeness (QED) is 0.211. The average Bonchev–Trinajstić information content (AvgIpc) is 2.80. The molecule has 0 spiro atoms. The number of hydrogen-bond donors (Lipinski definition) is 0. The highest BCUT2D eigenvalue weighted by molar-refractivity contribution is 5.85. The highest BCUT2D eigenvalue weighted by Crippen LogP contribution is 2.37. The molecule has 0 unspecified atom stereocenters. The lowest BCUT2D eigenvalue weighted by Crippen LogP contribution is -2.13. The Balaban J connectivity index is 1.45. The van der Waals surface area contributed by atoms with E-state index in [1.165, 1.54) is 6.07 Å². The molecule has 0 saturated heterocycles. The lowest BCUT2D eigenvalue weighted by Gasteiger charge is -2.26. The van der Waals surface area contributed by atoms with Crippen LogP contribution in [0.25, 0.3) is 10.8 Å². The average molecular weight is 456 g/mol. The van der Waals surface area contributed by atoms with Gasteiger partial charge in [-0.05, 0) is 85.2 Å². The molecule has 0 N–H and O–H groups in total. The molecule has 0 heterocycles. The van der Waals surface area contributed by atoms with E-state index in [1.54, 1.807) is 6.07 Å². The van der Waals surface area contributed by atoms with Crippen molar-refractivity contribution in [3.8, 4) is 11.8 Å². The molecule has 0 amide bonds. The monoisotopic (exact) mass is 456 g/mol. The van der Waals surface area contributed by atoms with E-state index >= 15 is 0 Å². The van der Waals surface area contributed by atoms with Crippen molar-refractivity contribution < 1.29 is 22.0 Å². The van der Waals surface area contributed by atoms with Crippen molar-refractivity contribution in [3.63, 3.8) is 0 Å². The molecule has 0 radical (unpaired) electrons. The molecule has 4 rings (SSSR count). The van der Waals surface area contributed by atoms with Crippen LogP contribution in [0.4, 0.5) is 22.0 Å². The van der Waals surface area contributed by atoms with Gasteiger partial charge >= 0.3 is 0 Å². The summed E-state index contributed by atoms with van der Waals surface area (Å²) in [5.41, 5.74) is 2.07. The van der Waals surface area contributed by atoms with Gasteiger partial charge in [0.1, 0.15) is 11.6 Å². The Labute approximate surface area is 190 Å². The van der Waals surface area contributed by atoms with E-state index < -0.39 is 28.7 Å². The lowest BCUT2D eigenvalue weighted by molar-refractivity contribution is 0.376. The zero-order chi connectivity index (χ0) is 23.5. The molecule has 1 aliphatic rings. The second-order valence-electron chi connectivity index (χ2n) is 8.82. The van der Waals surface area contributed by atoms with Crippen molar-refractivity contribution >= 4 is 10.8 Å². The second-order valence-corrected chi connectivity index (χ2v) is 8.82. The molecular weight excluding hydrogens is 431 g/mol. The van der Waals surface area contributed by atoms with Gasteiger partial charge in [-0.2, -0.15) is 0 Å².